The predicted molar refractivity (Wildman–Crippen MR) is 72.5 cm³/mol. The largest absolute Gasteiger partial charge is 0.463 e. The zero-order valence-corrected chi connectivity index (χ0v) is 11.5. The van der Waals surface area contributed by atoms with Crippen LogP contribution in [0.3, 0.4) is 0 Å². The highest BCUT2D eigenvalue weighted by Gasteiger charge is 2.17. The van der Waals surface area contributed by atoms with Crippen molar-refractivity contribution >= 4 is 29.2 Å². The molecule has 19 heavy (non-hydrogen) atoms. The first-order valence-corrected chi connectivity index (χ1v) is 6.16. The van der Waals surface area contributed by atoms with E-state index in [-0.39, 0.29) is 5.76 Å². The quantitative estimate of drug-likeness (QED) is 0.882. The van der Waals surface area contributed by atoms with Gasteiger partial charge in [-0.3, -0.25) is 0 Å². The molecular formula is C13H11Cl2NO3. The molecule has 0 bridgehead atoms. The van der Waals surface area contributed by atoms with E-state index in [1.165, 1.54) is 13.2 Å². The molecule has 0 amide bonds. The number of rotatable bonds is 3. The van der Waals surface area contributed by atoms with E-state index < -0.39 is 12.0 Å². The fourth-order valence-corrected chi connectivity index (χ4v) is 2.19. The molecule has 0 radical (unpaired) electrons. The Bertz CT molecular complexity index is 589. The number of hydrogen-bond donors (Lipinski definition) is 1. The molecule has 2 aromatic rings. The molecule has 2 rings (SSSR count). The van der Waals surface area contributed by atoms with Crippen molar-refractivity contribution in [3.05, 3.63) is 57.5 Å². The Balaban J connectivity index is 2.30. The van der Waals surface area contributed by atoms with Gasteiger partial charge >= 0.3 is 5.97 Å². The van der Waals surface area contributed by atoms with E-state index in [0.29, 0.717) is 21.4 Å². The van der Waals surface area contributed by atoms with Gasteiger partial charge in [-0.1, -0.05) is 23.2 Å². The molecule has 0 aliphatic heterocycles. The van der Waals surface area contributed by atoms with Gasteiger partial charge < -0.3 is 14.9 Å². The maximum Gasteiger partial charge on any atom is 0.373 e. The molecule has 0 aliphatic carbocycles. The summed E-state index contributed by atoms with van der Waals surface area (Å²) in [6, 6.07) is 7.56. The van der Waals surface area contributed by atoms with E-state index in [4.69, 9.17) is 33.4 Å². The molecule has 4 nitrogen and oxygen atoms in total. The minimum absolute atomic E-state index is 0.0982. The highest BCUT2D eigenvalue weighted by atomic mass is 35.5. The average Bonchev–Trinajstić information content (AvgIpc) is 2.85. The number of esters is 1. The van der Waals surface area contributed by atoms with Gasteiger partial charge in [-0.2, -0.15) is 0 Å². The van der Waals surface area contributed by atoms with Gasteiger partial charge in [0.15, 0.2) is 0 Å². The number of ether oxygens (including phenoxy) is 1. The third-order valence-electron chi connectivity index (χ3n) is 2.56. The zero-order chi connectivity index (χ0) is 14.0. The van der Waals surface area contributed by atoms with Crippen LogP contribution in [0.2, 0.25) is 10.0 Å². The lowest BCUT2D eigenvalue weighted by Gasteiger charge is -2.10. The van der Waals surface area contributed by atoms with Crippen molar-refractivity contribution in [2.24, 2.45) is 5.73 Å². The molecule has 1 atom stereocenters. The number of carbonyl (C=O) groups is 1. The van der Waals surface area contributed by atoms with Gasteiger partial charge in [0.25, 0.3) is 0 Å². The van der Waals surface area contributed by atoms with Crippen molar-refractivity contribution in [3.8, 4) is 0 Å². The molecule has 1 heterocycles. The number of methoxy groups -OCH3 is 1. The monoisotopic (exact) mass is 299 g/mol. The van der Waals surface area contributed by atoms with Gasteiger partial charge in [0.1, 0.15) is 5.76 Å². The average molecular weight is 300 g/mol. The second-order valence-electron chi connectivity index (χ2n) is 3.87. The molecule has 2 N–H and O–H groups in total. The Morgan fingerprint density at radius 3 is 2.47 bits per heavy atom. The van der Waals surface area contributed by atoms with E-state index >= 15 is 0 Å². The Labute approximate surface area is 120 Å². The first-order valence-electron chi connectivity index (χ1n) is 5.41. The molecular weight excluding hydrogens is 289 g/mol. The lowest BCUT2D eigenvalue weighted by Crippen LogP contribution is -2.11. The standard InChI is InChI=1S/C13H11Cl2NO3/c1-18-13(17)11-3-2-10(19-11)12(16)7-4-8(14)6-9(15)5-7/h2-6,12H,16H2,1H3. The van der Waals surface area contributed by atoms with Crippen molar-refractivity contribution in [3.63, 3.8) is 0 Å². The van der Waals surface area contributed by atoms with Crippen LogP contribution in [0, 0.1) is 0 Å². The minimum atomic E-state index is -0.561. The summed E-state index contributed by atoms with van der Waals surface area (Å²) < 4.78 is 9.90. The van der Waals surface area contributed by atoms with E-state index in [1.807, 2.05) is 0 Å². The maximum absolute atomic E-state index is 11.3. The molecule has 6 heteroatoms. The molecule has 0 saturated carbocycles. The molecule has 100 valence electrons. The van der Waals surface area contributed by atoms with Gasteiger partial charge in [-0.15, -0.1) is 0 Å². The summed E-state index contributed by atoms with van der Waals surface area (Å²) >= 11 is 11.8. The third kappa shape index (κ3) is 3.10. The van der Waals surface area contributed by atoms with Gasteiger partial charge in [0, 0.05) is 10.0 Å². The molecule has 0 saturated heterocycles. The molecule has 1 unspecified atom stereocenters. The van der Waals surface area contributed by atoms with Crippen LogP contribution < -0.4 is 5.73 Å². The molecule has 0 spiro atoms. The van der Waals surface area contributed by atoms with Crippen LogP contribution in [0.25, 0.3) is 0 Å². The van der Waals surface area contributed by atoms with Crippen LogP contribution in [0.1, 0.15) is 27.9 Å². The van der Waals surface area contributed by atoms with E-state index in [2.05, 4.69) is 4.74 Å². The van der Waals surface area contributed by atoms with Crippen LogP contribution >= 0.6 is 23.2 Å². The fraction of sp³-hybridized carbons (Fsp3) is 0.154. The predicted octanol–water partition coefficient (Wildman–Crippen LogP) is 3.42. The fourth-order valence-electron chi connectivity index (χ4n) is 1.65. The van der Waals surface area contributed by atoms with E-state index in [9.17, 15) is 4.79 Å². The second kappa shape index (κ2) is 5.65. The van der Waals surface area contributed by atoms with Crippen LogP contribution in [-0.4, -0.2) is 13.1 Å². The van der Waals surface area contributed by atoms with Crippen LogP contribution in [0.5, 0.6) is 0 Å². The van der Waals surface area contributed by atoms with Gasteiger partial charge in [0.2, 0.25) is 5.76 Å². The maximum atomic E-state index is 11.3. The minimum Gasteiger partial charge on any atom is -0.463 e. The first-order chi connectivity index (χ1) is 9.01. The Morgan fingerprint density at radius 1 is 1.26 bits per heavy atom. The summed E-state index contributed by atoms with van der Waals surface area (Å²) in [7, 11) is 1.28. The van der Waals surface area contributed by atoms with Crippen molar-refractivity contribution in [2.75, 3.05) is 7.11 Å². The number of nitrogens with two attached hydrogens (primary N) is 1. The third-order valence-corrected chi connectivity index (χ3v) is 3.00. The Hall–Kier alpha value is -1.49. The SMILES string of the molecule is COC(=O)c1ccc(C(N)c2cc(Cl)cc(Cl)c2)o1. The van der Waals surface area contributed by atoms with Gasteiger partial charge in [0.05, 0.1) is 13.2 Å². The highest BCUT2D eigenvalue weighted by molar-refractivity contribution is 6.34. The van der Waals surface area contributed by atoms with Crippen LogP contribution in [-0.2, 0) is 4.74 Å². The van der Waals surface area contributed by atoms with Crippen molar-refractivity contribution in [1.82, 2.24) is 0 Å². The smallest absolute Gasteiger partial charge is 0.373 e. The molecule has 1 aromatic carbocycles. The lowest BCUT2D eigenvalue weighted by atomic mass is 10.1. The lowest BCUT2D eigenvalue weighted by molar-refractivity contribution is 0.0562. The summed E-state index contributed by atoms with van der Waals surface area (Å²) in [5, 5.41) is 0.968. The van der Waals surface area contributed by atoms with E-state index in [0.717, 1.165) is 0 Å². The van der Waals surface area contributed by atoms with Crippen molar-refractivity contribution < 1.29 is 13.9 Å². The number of hydrogen-bond acceptors (Lipinski definition) is 4. The number of halogens is 2. The summed E-state index contributed by atoms with van der Waals surface area (Å²) in [6.45, 7) is 0. The number of carbonyl (C=O) groups excluding carboxylic acids is 1. The number of benzene rings is 1. The summed E-state index contributed by atoms with van der Waals surface area (Å²) in [6.07, 6.45) is 0. The molecule has 0 aliphatic rings. The highest BCUT2D eigenvalue weighted by Crippen LogP contribution is 2.27. The van der Waals surface area contributed by atoms with Crippen molar-refractivity contribution in [2.45, 2.75) is 6.04 Å². The normalized spacial score (nSPS) is 12.2. The molecule has 0 fully saturated rings. The first kappa shape index (κ1) is 13.9. The topological polar surface area (TPSA) is 65.5 Å². The Kier molecular flexibility index (Phi) is 4.14. The summed E-state index contributed by atoms with van der Waals surface area (Å²) in [5.74, 6) is -0.0256. The summed E-state index contributed by atoms with van der Waals surface area (Å²) in [4.78, 5) is 11.3. The Morgan fingerprint density at radius 2 is 1.89 bits per heavy atom. The van der Waals surface area contributed by atoms with Crippen molar-refractivity contribution in [1.29, 1.82) is 0 Å². The second-order valence-corrected chi connectivity index (χ2v) is 4.75. The summed E-state index contributed by atoms with van der Waals surface area (Å²) in [5.41, 5.74) is 6.74. The zero-order valence-electron chi connectivity index (χ0n) is 10.0. The van der Waals surface area contributed by atoms with Gasteiger partial charge in [-0.05, 0) is 35.9 Å². The van der Waals surface area contributed by atoms with Gasteiger partial charge in [-0.25, -0.2) is 4.79 Å². The van der Waals surface area contributed by atoms with Crippen LogP contribution in [0.4, 0.5) is 0 Å². The molecule has 1 aromatic heterocycles. The van der Waals surface area contributed by atoms with E-state index in [1.54, 1.807) is 24.3 Å². The number of furan rings is 1. The van der Waals surface area contributed by atoms with Crippen LogP contribution in [0.15, 0.2) is 34.7 Å².